The van der Waals surface area contributed by atoms with E-state index in [1.807, 2.05) is 6.07 Å². The van der Waals surface area contributed by atoms with Gasteiger partial charge >= 0.3 is 5.69 Å². The third-order valence-electron chi connectivity index (χ3n) is 3.15. The third kappa shape index (κ3) is 4.25. The zero-order valence-corrected chi connectivity index (χ0v) is 11.3. The Morgan fingerprint density at radius 1 is 1.19 bits per heavy atom. The average molecular weight is 288 g/mol. The van der Waals surface area contributed by atoms with Crippen LogP contribution in [0.2, 0.25) is 0 Å². The van der Waals surface area contributed by atoms with E-state index in [-0.39, 0.29) is 30.6 Å². The van der Waals surface area contributed by atoms with Gasteiger partial charge in [0.1, 0.15) is 0 Å². The van der Waals surface area contributed by atoms with Gasteiger partial charge < -0.3 is 10.1 Å². The van der Waals surface area contributed by atoms with E-state index in [0.717, 1.165) is 0 Å². The van der Waals surface area contributed by atoms with Gasteiger partial charge in [0.15, 0.2) is 5.78 Å². The van der Waals surface area contributed by atoms with Crippen LogP contribution in [0.1, 0.15) is 28.8 Å². The zero-order valence-electron chi connectivity index (χ0n) is 11.3. The molecule has 1 heterocycles. The molecule has 6 nitrogen and oxygen atoms in total. The first-order valence-corrected chi connectivity index (χ1v) is 6.63. The molecule has 0 aliphatic rings. The summed E-state index contributed by atoms with van der Waals surface area (Å²) < 4.78 is 0. The van der Waals surface area contributed by atoms with E-state index in [9.17, 15) is 19.5 Å². The molecule has 1 unspecified atom stereocenters. The normalized spacial score (nSPS) is 12.0. The second-order valence-electron chi connectivity index (χ2n) is 4.78. The maximum atomic E-state index is 11.9. The number of hydrogen-bond donors (Lipinski definition) is 3. The van der Waals surface area contributed by atoms with Crippen molar-refractivity contribution in [2.45, 2.75) is 25.4 Å². The molecule has 1 aromatic heterocycles. The summed E-state index contributed by atoms with van der Waals surface area (Å²) >= 11 is 0. The highest BCUT2D eigenvalue weighted by Crippen LogP contribution is 2.09. The number of aliphatic hydroxyl groups is 1. The van der Waals surface area contributed by atoms with E-state index >= 15 is 0 Å². The van der Waals surface area contributed by atoms with Crippen LogP contribution in [0.15, 0.2) is 46.1 Å². The molecule has 0 fully saturated rings. The maximum Gasteiger partial charge on any atom is 0.325 e. The number of aromatic amines is 2. The van der Waals surface area contributed by atoms with Gasteiger partial charge in [-0.25, -0.2) is 4.79 Å². The first-order valence-electron chi connectivity index (χ1n) is 6.63. The number of rotatable bonds is 6. The summed E-state index contributed by atoms with van der Waals surface area (Å²) in [6.07, 6.45) is 1.01. The Balaban J connectivity index is 1.90. The highest BCUT2D eigenvalue weighted by atomic mass is 16.3. The number of nitrogens with one attached hydrogen (secondary N) is 2. The lowest BCUT2D eigenvalue weighted by Gasteiger charge is -2.09. The second-order valence-corrected chi connectivity index (χ2v) is 4.78. The number of carbonyl (C=O) groups is 1. The van der Waals surface area contributed by atoms with Crippen molar-refractivity contribution >= 4 is 5.78 Å². The van der Waals surface area contributed by atoms with E-state index in [1.54, 1.807) is 24.3 Å². The third-order valence-corrected chi connectivity index (χ3v) is 3.15. The molecule has 0 saturated heterocycles. The van der Waals surface area contributed by atoms with Crippen LogP contribution >= 0.6 is 0 Å². The molecule has 0 aliphatic heterocycles. The van der Waals surface area contributed by atoms with Gasteiger partial charge in [-0.2, -0.15) is 0 Å². The molecule has 0 saturated carbocycles. The molecule has 0 radical (unpaired) electrons. The Kier molecular flexibility index (Phi) is 4.84. The van der Waals surface area contributed by atoms with E-state index < -0.39 is 17.4 Å². The number of benzene rings is 1. The maximum absolute atomic E-state index is 11.9. The van der Waals surface area contributed by atoms with E-state index in [2.05, 4.69) is 9.97 Å². The van der Waals surface area contributed by atoms with Gasteiger partial charge in [0.2, 0.25) is 0 Å². The predicted octanol–water partition coefficient (Wildman–Crippen LogP) is 0.630. The first-order chi connectivity index (χ1) is 10.1. The van der Waals surface area contributed by atoms with E-state index in [1.165, 1.54) is 6.20 Å². The summed E-state index contributed by atoms with van der Waals surface area (Å²) in [5.74, 6) is -0.0509. The molecule has 2 aromatic rings. The fourth-order valence-corrected chi connectivity index (χ4v) is 2.01. The molecule has 1 atom stereocenters. The van der Waals surface area contributed by atoms with Crippen LogP contribution in [0.5, 0.6) is 0 Å². The standard InChI is InChI=1S/C15H16N2O4/c18-12(8-11-9-16-15(21)17-14(11)20)6-7-13(19)10-4-2-1-3-5-10/h1-5,9,12,18H,6-8H2,(H2,16,17,20,21). The molecule has 21 heavy (non-hydrogen) atoms. The van der Waals surface area contributed by atoms with E-state index in [0.29, 0.717) is 5.56 Å². The van der Waals surface area contributed by atoms with Gasteiger partial charge in [-0.3, -0.25) is 14.6 Å². The number of aromatic nitrogens is 2. The minimum absolute atomic E-state index is 0.0509. The monoisotopic (exact) mass is 288 g/mol. The van der Waals surface area contributed by atoms with Crippen molar-refractivity contribution < 1.29 is 9.90 Å². The van der Waals surface area contributed by atoms with Crippen molar-refractivity contribution in [1.82, 2.24) is 9.97 Å². The largest absolute Gasteiger partial charge is 0.393 e. The smallest absolute Gasteiger partial charge is 0.325 e. The molecule has 0 bridgehead atoms. The summed E-state index contributed by atoms with van der Waals surface area (Å²) in [4.78, 5) is 38.7. The van der Waals surface area contributed by atoms with Crippen LogP contribution in [-0.2, 0) is 6.42 Å². The molecule has 3 N–H and O–H groups in total. The number of Topliss-reactive ketones (excluding diaryl/α,β-unsaturated/α-hetero) is 1. The Labute approximate surface area is 120 Å². The Morgan fingerprint density at radius 2 is 1.90 bits per heavy atom. The quantitative estimate of drug-likeness (QED) is 0.678. The van der Waals surface area contributed by atoms with Crippen LogP contribution in [0.4, 0.5) is 0 Å². The summed E-state index contributed by atoms with van der Waals surface area (Å²) in [6, 6.07) is 8.84. The summed E-state index contributed by atoms with van der Waals surface area (Å²) in [7, 11) is 0. The second kappa shape index (κ2) is 6.81. The van der Waals surface area contributed by atoms with Gasteiger partial charge in [0.05, 0.1) is 6.10 Å². The van der Waals surface area contributed by atoms with Crippen molar-refractivity contribution in [2.24, 2.45) is 0 Å². The number of hydrogen-bond acceptors (Lipinski definition) is 4. The lowest BCUT2D eigenvalue weighted by Crippen LogP contribution is -2.27. The Hall–Kier alpha value is -2.47. The van der Waals surface area contributed by atoms with E-state index in [4.69, 9.17) is 0 Å². The molecule has 1 aromatic carbocycles. The number of carbonyl (C=O) groups excluding carboxylic acids is 1. The SMILES string of the molecule is O=C(CCC(O)Cc1c[nH]c(=O)[nH]c1=O)c1ccccc1. The van der Waals surface area contributed by atoms with Gasteiger partial charge in [-0.1, -0.05) is 30.3 Å². The van der Waals surface area contributed by atoms with Crippen molar-refractivity contribution in [3.8, 4) is 0 Å². The minimum Gasteiger partial charge on any atom is -0.393 e. The zero-order chi connectivity index (χ0) is 15.2. The molecule has 6 heteroatoms. The lowest BCUT2D eigenvalue weighted by molar-refractivity contribution is 0.0939. The highest BCUT2D eigenvalue weighted by molar-refractivity contribution is 5.95. The molecular formula is C15H16N2O4. The summed E-state index contributed by atoms with van der Waals surface area (Å²) in [5.41, 5.74) is -0.217. The van der Waals surface area contributed by atoms with Crippen LogP contribution in [-0.4, -0.2) is 27.0 Å². The van der Waals surface area contributed by atoms with Crippen molar-refractivity contribution in [1.29, 1.82) is 0 Å². The molecular weight excluding hydrogens is 272 g/mol. The average Bonchev–Trinajstić information content (AvgIpc) is 2.48. The fraction of sp³-hybridized carbons (Fsp3) is 0.267. The fourth-order valence-electron chi connectivity index (χ4n) is 2.01. The molecule has 2 rings (SSSR count). The summed E-state index contributed by atoms with van der Waals surface area (Å²) in [5, 5.41) is 9.90. The molecule has 110 valence electrons. The number of H-pyrrole nitrogens is 2. The van der Waals surface area contributed by atoms with Crippen molar-refractivity contribution in [3.05, 3.63) is 68.5 Å². The summed E-state index contributed by atoms with van der Waals surface area (Å²) in [6.45, 7) is 0. The molecule has 0 aliphatic carbocycles. The molecule has 0 amide bonds. The number of ketones is 1. The predicted molar refractivity (Wildman–Crippen MR) is 77.4 cm³/mol. The van der Waals surface area contributed by atoms with Gasteiger partial charge in [0.25, 0.3) is 5.56 Å². The highest BCUT2D eigenvalue weighted by Gasteiger charge is 2.12. The first kappa shape index (κ1) is 14.9. The molecule has 0 spiro atoms. The van der Waals surface area contributed by atoms with Crippen LogP contribution in [0.3, 0.4) is 0 Å². The van der Waals surface area contributed by atoms with Crippen molar-refractivity contribution in [3.63, 3.8) is 0 Å². The van der Waals surface area contributed by atoms with Crippen LogP contribution in [0, 0.1) is 0 Å². The van der Waals surface area contributed by atoms with Crippen molar-refractivity contribution in [2.75, 3.05) is 0 Å². The van der Waals surface area contributed by atoms with Crippen LogP contribution in [0.25, 0.3) is 0 Å². The van der Waals surface area contributed by atoms with Gasteiger partial charge in [-0.15, -0.1) is 0 Å². The topological polar surface area (TPSA) is 103 Å². The minimum atomic E-state index is -0.815. The van der Waals surface area contributed by atoms with Crippen LogP contribution < -0.4 is 11.2 Å². The Morgan fingerprint density at radius 3 is 2.57 bits per heavy atom. The van der Waals surface area contributed by atoms with Gasteiger partial charge in [-0.05, 0) is 6.42 Å². The van der Waals surface area contributed by atoms with Gasteiger partial charge in [0, 0.05) is 30.2 Å². The lowest BCUT2D eigenvalue weighted by atomic mass is 10.0. The number of aliphatic hydroxyl groups excluding tert-OH is 1. The Bertz CT molecular complexity index is 718.